The Morgan fingerprint density at radius 1 is 1.20 bits per heavy atom. The Morgan fingerprint density at radius 3 is 2.70 bits per heavy atom. The maximum absolute atomic E-state index is 9.30. The lowest BCUT2D eigenvalue weighted by Crippen LogP contribution is -2.40. The van der Waals surface area contributed by atoms with Gasteiger partial charge >= 0.3 is 0 Å². The molecule has 0 radical (unpaired) electrons. The molecule has 20 heavy (non-hydrogen) atoms. The zero-order chi connectivity index (χ0) is 14.0. The molecule has 2 nitrogen and oxygen atoms in total. The zero-order valence-electron chi connectivity index (χ0n) is 12.5. The molecule has 0 aliphatic heterocycles. The minimum Gasteiger partial charge on any atom is -0.304 e. The monoisotopic (exact) mass is 268 g/mol. The summed E-state index contributed by atoms with van der Waals surface area (Å²) in [6.45, 7) is 2.00. The van der Waals surface area contributed by atoms with Gasteiger partial charge in [0, 0.05) is 13.1 Å². The predicted molar refractivity (Wildman–Crippen MR) is 81.6 cm³/mol. The Morgan fingerprint density at radius 2 is 2.00 bits per heavy atom. The Bertz CT molecular complexity index is 523. The van der Waals surface area contributed by atoms with Crippen LogP contribution in [-0.4, -0.2) is 25.0 Å². The lowest BCUT2D eigenvalue weighted by Gasteiger charge is -2.38. The van der Waals surface area contributed by atoms with E-state index in [1.54, 1.807) is 11.1 Å². The number of fused-ring (bicyclic) bond motifs is 1. The topological polar surface area (TPSA) is 27.0 Å². The molecule has 0 atom stereocenters. The molecule has 0 heterocycles. The highest BCUT2D eigenvalue weighted by molar-refractivity contribution is 5.35. The Balaban J connectivity index is 1.53. The van der Waals surface area contributed by atoms with E-state index in [0.29, 0.717) is 0 Å². The molecule has 1 fully saturated rings. The van der Waals surface area contributed by atoms with E-state index < -0.39 is 0 Å². The second-order valence-corrected chi connectivity index (χ2v) is 6.69. The van der Waals surface area contributed by atoms with Crippen LogP contribution < -0.4 is 0 Å². The number of rotatable bonds is 5. The van der Waals surface area contributed by atoms with Crippen molar-refractivity contribution in [2.75, 3.05) is 20.1 Å². The zero-order valence-corrected chi connectivity index (χ0v) is 12.5. The van der Waals surface area contributed by atoms with E-state index in [1.807, 2.05) is 0 Å². The molecule has 1 saturated carbocycles. The van der Waals surface area contributed by atoms with Gasteiger partial charge in [0.05, 0.1) is 11.5 Å². The van der Waals surface area contributed by atoms with Crippen LogP contribution in [0.5, 0.6) is 0 Å². The summed E-state index contributed by atoms with van der Waals surface area (Å²) in [6, 6.07) is 9.55. The first kappa shape index (κ1) is 13.6. The Labute approximate surface area is 122 Å². The summed E-state index contributed by atoms with van der Waals surface area (Å²) in [7, 11) is 2.16. The van der Waals surface area contributed by atoms with Crippen molar-refractivity contribution >= 4 is 0 Å². The minimum absolute atomic E-state index is 0.0350. The van der Waals surface area contributed by atoms with E-state index in [4.69, 9.17) is 0 Å². The summed E-state index contributed by atoms with van der Waals surface area (Å²) in [5.41, 5.74) is 4.54. The molecular formula is C18H24N2. The molecule has 0 unspecified atom stereocenters. The van der Waals surface area contributed by atoms with Crippen molar-refractivity contribution in [1.82, 2.24) is 4.90 Å². The third-order valence-corrected chi connectivity index (χ3v) is 5.07. The van der Waals surface area contributed by atoms with Crippen molar-refractivity contribution < 1.29 is 0 Å². The van der Waals surface area contributed by atoms with Gasteiger partial charge in [-0.05, 0) is 62.3 Å². The van der Waals surface area contributed by atoms with E-state index in [9.17, 15) is 5.26 Å². The lowest BCUT2D eigenvalue weighted by molar-refractivity contribution is 0.139. The fraction of sp³-hybridized carbons (Fsp3) is 0.611. The van der Waals surface area contributed by atoms with Gasteiger partial charge < -0.3 is 4.90 Å². The van der Waals surface area contributed by atoms with Crippen LogP contribution in [0.2, 0.25) is 0 Å². The fourth-order valence-electron chi connectivity index (χ4n) is 3.61. The van der Waals surface area contributed by atoms with E-state index in [-0.39, 0.29) is 5.41 Å². The highest BCUT2D eigenvalue weighted by atomic mass is 15.1. The van der Waals surface area contributed by atoms with Crippen molar-refractivity contribution in [2.24, 2.45) is 5.41 Å². The predicted octanol–water partition coefficient (Wildman–Crippen LogP) is 3.34. The summed E-state index contributed by atoms with van der Waals surface area (Å²) in [5, 5.41) is 9.30. The van der Waals surface area contributed by atoms with Crippen molar-refractivity contribution in [3.8, 4) is 6.07 Å². The number of aryl methyl sites for hydroxylation is 2. The van der Waals surface area contributed by atoms with Gasteiger partial charge in [0.15, 0.2) is 0 Å². The average Bonchev–Trinajstić information content (AvgIpc) is 2.88. The van der Waals surface area contributed by atoms with Gasteiger partial charge in [-0.25, -0.2) is 0 Å². The number of hydrogen-bond acceptors (Lipinski definition) is 2. The van der Waals surface area contributed by atoms with E-state index in [0.717, 1.165) is 32.4 Å². The lowest BCUT2D eigenvalue weighted by atomic mass is 9.69. The first-order valence-electron chi connectivity index (χ1n) is 7.91. The summed E-state index contributed by atoms with van der Waals surface area (Å²) in [4.78, 5) is 2.34. The molecule has 2 heteroatoms. The van der Waals surface area contributed by atoms with Gasteiger partial charge in [0.25, 0.3) is 0 Å². The van der Waals surface area contributed by atoms with Crippen molar-refractivity contribution in [3.05, 3.63) is 34.9 Å². The molecule has 106 valence electrons. The molecule has 1 aromatic carbocycles. The first-order chi connectivity index (χ1) is 9.71. The molecule has 0 spiro atoms. The summed E-state index contributed by atoms with van der Waals surface area (Å²) < 4.78 is 0. The molecule has 3 rings (SSSR count). The Kier molecular flexibility index (Phi) is 3.81. The molecule has 0 aromatic heterocycles. The fourth-order valence-corrected chi connectivity index (χ4v) is 3.61. The van der Waals surface area contributed by atoms with Gasteiger partial charge in [-0.15, -0.1) is 0 Å². The largest absolute Gasteiger partial charge is 0.304 e. The van der Waals surface area contributed by atoms with Crippen LogP contribution >= 0.6 is 0 Å². The molecule has 0 N–H and O–H groups in total. The normalized spacial score (nSPS) is 19.4. The maximum Gasteiger partial charge on any atom is 0.0703 e. The second-order valence-electron chi connectivity index (χ2n) is 6.69. The molecule has 0 saturated heterocycles. The van der Waals surface area contributed by atoms with Crippen molar-refractivity contribution in [2.45, 2.75) is 44.9 Å². The molecule has 0 amide bonds. The van der Waals surface area contributed by atoms with Crippen LogP contribution in [0.3, 0.4) is 0 Å². The number of nitrogens with zero attached hydrogens (tertiary/aromatic N) is 2. The van der Waals surface area contributed by atoms with Crippen LogP contribution in [-0.2, 0) is 19.3 Å². The average molecular weight is 268 g/mol. The standard InChI is InChI=1S/C18H24N2/c1-20(14-18(13-19)9-3-10-18)11-8-15-6-7-16-4-2-5-17(16)12-15/h6-7,12H,2-5,8-11,14H2,1H3. The van der Waals surface area contributed by atoms with Crippen LogP contribution in [0.1, 0.15) is 42.4 Å². The van der Waals surface area contributed by atoms with E-state index in [1.165, 1.54) is 31.2 Å². The van der Waals surface area contributed by atoms with Crippen LogP contribution in [0.4, 0.5) is 0 Å². The number of nitriles is 1. The van der Waals surface area contributed by atoms with Gasteiger partial charge in [-0.1, -0.05) is 24.6 Å². The highest BCUT2D eigenvalue weighted by Gasteiger charge is 2.37. The smallest absolute Gasteiger partial charge is 0.0703 e. The SMILES string of the molecule is CN(CCc1ccc2c(c1)CCC2)CC1(C#N)CCC1. The molecule has 2 aliphatic rings. The number of likely N-dealkylation sites (N-methyl/N-ethyl adjacent to an activating group) is 1. The quantitative estimate of drug-likeness (QED) is 0.819. The minimum atomic E-state index is -0.0350. The third-order valence-electron chi connectivity index (χ3n) is 5.07. The van der Waals surface area contributed by atoms with Gasteiger partial charge in [-0.3, -0.25) is 0 Å². The maximum atomic E-state index is 9.30. The van der Waals surface area contributed by atoms with E-state index >= 15 is 0 Å². The van der Waals surface area contributed by atoms with Crippen LogP contribution in [0.25, 0.3) is 0 Å². The van der Waals surface area contributed by atoms with Gasteiger partial charge in [0.2, 0.25) is 0 Å². The summed E-state index contributed by atoms with van der Waals surface area (Å²) in [6.07, 6.45) is 8.36. The molecule has 1 aromatic rings. The van der Waals surface area contributed by atoms with Gasteiger partial charge in [-0.2, -0.15) is 5.26 Å². The molecule has 0 bridgehead atoms. The van der Waals surface area contributed by atoms with Crippen LogP contribution in [0, 0.1) is 16.7 Å². The van der Waals surface area contributed by atoms with Crippen LogP contribution in [0.15, 0.2) is 18.2 Å². The Hall–Kier alpha value is -1.33. The van der Waals surface area contributed by atoms with Gasteiger partial charge in [0.1, 0.15) is 0 Å². The molecule has 2 aliphatic carbocycles. The number of hydrogen-bond donors (Lipinski definition) is 0. The van der Waals surface area contributed by atoms with E-state index in [2.05, 4.69) is 36.2 Å². The second kappa shape index (κ2) is 5.58. The third kappa shape index (κ3) is 2.74. The van der Waals surface area contributed by atoms with Crippen molar-refractivity contribution in [1.29, 1.82) is 5.26 Å². The van der Waals surface area contributed by atoms with Crippen molar-refractivity contribution in [3.63, 3.8) is 0 Å². The summed E-state index contributed by atoms with van der Waals surface area (Å²) >= 11 is 0. The first-order valence-corrected chi connectivity index (χ1v) is 7.91. The molecular weight excluding hydrogens is 244 g/mol. The highest BCUT2D eigenvalue weighted by Crippen LogP contribution is 2.40. The summed E-state index contributed by atoms with van der Waals surface area (Å²) in [5.74, 6) is 0. The number of benzene rings is 1.